The van der Waals surface area contributed by atoms with Crippen LogP contribution in [0.15, 0.2) is 0 Å². The maximum absolute atomic E-state index is 10.9. The summed E-state index contributed by atoms with van der Waals surface area (Å²) in [6.45, 7) is 5.32. The van der Waals surface area contributed by atoms with Gasteiger partial charge >= 0.3 is 6.01 Å². The molecule has 0 aliphatic rings. The molecule has 4 N–H and O–H groups in total. The Morgan fingerprint density at radius 2 is 1.67 bits per heavy atom. The van der Waals surface area contributed by atoms with E-state index in [2.05, 4.69) is 25.6 Å². The molecule has 1 aromatic rings. The summed E-state index contributed by atoms with van der Waals surface area (Å²) in [7, 11) is -3.52. The summed E-state index contributed by atoms with van der Waals surface area (Å²) >= 11 is 0. The van der Waals surface area contributed by atoms with Gasteiger partial charge < -0.3 is 15.4 Å². The fourth-order valence-electron chi connectivity index (χ4n) is 1.31. The van der Waals surface area contributed by atoms with Crippen LogP contribution in [0.3, 0.4) is 0 Å². The summed E-state index contributed by atoms with van der Waals surface area (Å²) in [5, 5.41) is 10.8. The van der Waals surface area contributed by atoms with Crippen molar-refractivity contribution in [1.29, 1.82) is 0 Å². The van der Waals surface area contributed by atoms with Crippen LogP contribution in [0.2, 0.25) is 0 Å². The lowest BCUT2D eigenvalue weighted by Gasteiger charge is -2.09. The lowest BCUT2D eigenvalue weighted by molar-refractivity contribution is 0.292. The van der Waals surface area contributed by atoms with Gasteiger partial charge in [-0.05, 0) is 12.8 Å². The van der Waals surface area contributed by atoms with E-state index < -0.39 is 10.0 Å². The zero-order valence-electron chi connectivity index (χ0n) is 12.3. The molecule has 0 spiro atoms. The Kier molecular flexibility index (Phi) is 7.09. The van der Waals surface area contributed by atoms with Crippen LogP contribution >= 0.6 is 0 Å². The molecule has 0 amide bonds. The normalized spacial score (nSPS) is 11.2. The molecule has 0 bridgehead atoms. The van der Waals surface area contributed by atoms with Gasteiger partial charge in [-0.25, -0.2) is 13.6 Å². The van der Waals surface area contributed by atoms with Crippen LogP contribution in [0.4, 0.5) is 11.9 Å². The Morgan fingerprint density at radius 3 is 2.19 bits per heavy atom. The van der Waals surface area contributed by atoms with E-state index in [0.717, 1.165) is 12.8 Å². The van der Waals surface area contributed by atoms with E-state index in [-0.39, 0.29) is 24.3 Å². The Hall–Kier alpha value is -1.68. The number of aromatic nitrogens is 3. The molecule has 1 heterocycles. The lowest BCUT2D eigenvalue weighted by Crippen LogP contribution is -2.23. The van der Waals surface area contributed by atoms with E-state index in [1.54, 1.807) is 0 Å². The number of anilines is 2. The SMILES string of the molecule is CCCNc1nc(NCCS(N)(=O)=O)nc(OCCC)n1. The average molecular weight is 318 g/mol. The van der Waals surface area contributed by atoms with E-state index in [1.807, 2.05) is 13.8 Å². The largest absolute Gasteiger partial charge is 0.463 e. The van der Waals surface area contributed by atoms with Gasteiger partial charge in [0, 0.05) is 13.1 Å². The van der Waals surface area contributed by atoms with E-state index >= 15 is 0 Å². The molecule has 10 heteroatoms. The number of sulfonamides is 1. The molecule has 0 unspecified atom stereocenters. The van der Waals surface area contributed by atoms with Crippen LogP contribution in [0, 0.1) is 0 Å². The quantitative estimate of drug-likeness (QED) is 0.556. The van der Waals surface area contributed by atoms with E-state index in [1.165, 1.54) is 0 Å². The van der Waals surface area contributed by atoms with Crippen molar-refractivity contribution in [2.75, 3.05) is 36.1 Å². The Labute approximate surface area is 124 Å². The first-order chi connectivity index (χ1) is 9.94. The Bertz CT molecular complexity index is 511. The molecular formula is C11H22N6O3S. The fraction of sp³-hybridized carbons (Fsp3) is 0.727. The lowest BCUT2D eigenvalue weighted by atomic mass is 10.5. The zero-order chi connectivity index (χ0) is 15.7. The monoisotopic (exact) mass is 318 g/mol. The molecular weight excluding hydrogens is 296 g/mol. The van der Waals surface area contributed by atoms with Crippen LogP contribution < -0.4 is 20.5 Å². The second-order valence-corrected chi connectivity index (χ2v) is 6.07. The summed E-state index contributed by atoms with van der Waals surface area (Å²) < 4.78 is 27.1. The third-order valence-corrected chi connectivity index (χ3v) is 3.03. The van der Waals surface area contributed by atoms with Gasteiger partial charge in [-0.3, -0.25) is 0 Å². The third-order valence-electron chi connectivity index (χ3n) is 2.25. The Morgan fingerprint density at radius 1 is 1.05 bits per heavy atom. The first-order valence-electron chi connectivity index (χ1n) is 6.81. The van der Waals surface area contributed by atoms with Crippen molar-refractivity contribution < 1.29 is 13.2 Å². The molecule has 0 saturated carbocycles. The molecule has 1 rings (SSSR count). The van der Waals surface area contributed by atoms with Crippen LogP contribution in [-0.4, -0.2) is 48.8 Å². The van der Waals surface area contributed by atoms with Crippen molar-refractivity contribution in [1.82, 2.24) is 15.0 Å². The van der Waals surface area contributed by atoms with Gasteiger partial charge in [-0.15, -0.1) is 0 Å². The fourth-order valence-corrected chi connectivity index (χ4v) is 1.70. The summed E-state index contributed by atoms with van der Waals surface area (Å²) in [6, 6.07) is 0.198. The number of hydrogen-bond acceptors (Lipinski definition) is 8. The second-order valence-electron chi connectivity index (χ2n) is 4.33. The van der Waals surface area contributed by atoms with Gasteiger partial charge in [0.15, 0.2) is 0 Å². The van der Waals surface area contributed by atoms with Crippen molar-refractivity contribution in [3.63, 3.8) is 0 Å². The molecule has 9 nitrogen and oxygen atoms in total. The molecule has 21 heavy (non-hydrogen) atoms. The van der Waals surface area contributed by atoms with Gasteiger partial charge in [0.1, 0.15) is 0 Å². The maximum atomic E-state index is 10.9. The summed E-state index contributed by atoms with van der Waals surface area (Å²) in [6.07, 6.45) is 1.75. The zero-order valence-corrected chi connectivity index (χ0v) is 13.1. The molecule has 0 radical (unpaired) electrons. The van der Waals surface area contributed by atoms with Crippen molar-refractivity contribution in [3.05, 3.63) is 0 Å². The smallest absolute Gasteiger partial charge is 0.323 e. The molecule has 0 aromatic carbocycles. The van der Waals surface area contributed by atoms with Crippen molar-refractivity contribution >= 4 is 21.9 Å². The summed E-state index contributed by atoms with van der Waals surface area (Å²) in [5.74, 6) is 0.427. The van der Waals surface area contributed by atoms with Crippen molar-refractivity contribution in [3.8, 4) is 6.01 Å². The van der Waals surface area contributed by atoms with Gasteiger partial charge in [-0.2, -0.15) is 15.0 Å². The number of primary sulfonamides is 1. The highest BCUT2D eigenvalue weighted by Gasteiger charge is 2.08. The van der Waals surface area contributed by atoms with Gasteiger partial charge in [0.05, 0.1) is 12.4 Å². The summed E-state index contributed by atoms with van der Waals surface area (Å²) in [4.78, 5) is 12.3. The number of rotatable bonds is 10. The van der Waals surface area contributed by atoms with Crippen LogP contribution in [-0.2, 0) is 10.0 Å². The molecule has 0 fully saturated rings. The first-order valence-corrected chi connectivity index (χ1v) is 8.53. The second kappa shape index (κ2) is 8.57. The minimum Gasteiger partial charge on any atom is -0.463 e. The highest BCUT2D eigenvalue weighted by Crippen LogP contribution is 2.11. The molecule has 0 aliphatic carbocycles. The standard InChI is InChI=1S/C11H22N6O3S/c1-3-5-13-9-15-10(14-6-8-21(12,18)19)17-11(16-9)20-7-4-2/h3-8H2,1-2H3,(H2,12,18,19)(H2,13,14,15,16,17). The number of nitrogens with one attached hydrogen (secondary N) is 2. The topological polar surface area (TPSA) is 132 Å². The molecule has 120 valence electrons. The number of ether oxygens (including phenoxy) is 1. The molecule has 1 aromatic heterocycles. The number of hydrogen-bond donors (Lipinski definition) is 3. The third kappa shape index (κ3) is 7.61. The highest BCUT2D eigenvalue weighted by molar-refractivity contribution is 7.89. The van der Waals surface area contributed by atoms with E-state index in [9.17, 15) is 8.42 Å². The number of nitrogens with zero attached hydrogens (tertiary/aromatic N) is 3. The average Bonchev–Trinajstić information content (AvgIpc) is 2.41. The van der Waals surface area contributed by atoms with Crippen LogP contribution in [0.25, 0.3) is 0 Å². The highest BCUT2D eigenvalue weighted by atomic mass is 32.2. The van der Waals surface area contributed by atoms with Gasteiger partial charge in [-0.1, -0.05) is 13.8 Å². The van der Waals surface area contributed by atoms with E-state index in [4.69, 9.17) is 9.88 Å². The molecule has 0 aliphatic heterocycles. The van der Waals surface area contributed by atoms with Crippen LogP contribution in [0.1, 0.15) is 26.7 Å². The van der Waals surface area contributed by atoms with Gasteiger partial charge in [0.25, 0.3) is 0 Å². The maximum Gasteiger partial charge on any atom is 0.323 e. The minimum atomic E-state index is -3.52. The van der Waals surface area contributed by atoms with Crippen molar-refractivity contribution in [2.24, 2.45) is 5.14 Å². The van der Waals surface area contributed by atoms with Crippen molar-refractivity contribution in [2.45, 2.75) is 26.7 Å². The van der Waals surface area contributed by atoms with Gasteiger partial charge in [0.2, 0.25) is 21.9 Å². The predicted molar refractivity (Wildman–Crippen MR) is 80.9 cm³/mol. The predicted octanol–water partition coefficient (Wildman–Crippen LogP) is 0.183. The minimum absolute atomic E-state index is 0.114. The van der Waals surface area contributed by atoms with E-state index in [0.29, 0.717) is 19.1 Å². The Balaban J connectivity index is 2.74. The first kappa shape index (κ1) is 17.4. The summed E-state index contributed by atoms with van der Waals surface area (Å²) in [5.41, 5.74) is 0. The van der Waals surface area contributed by atoms with Crippen LogP contribution in [0.5, 0.6) is 6.01 Å². The number of nitrogens with two attached hydrogens (primary N) is 1. The molecule has 0 atom stereocenters. The molecule has 0 saturated heterocycles.